The first-order chi connectivity index (χ1) is 12.2. The van der Waals surface area contributed by atoms with Gasteiger partial charge in [-0.2, -0.15) is 0 Å². The van der Waals surface area contributed by atoms with Crippen molar-refractivity contribution in [2.45, 2.75) is 13.3 Å². The molecule has 2 aromatic rings. The maximum Gasteiger partial charge on any atom is 0.257 e. The second kappa shape index (κ2) is 6.48. The maximum atomic E-state index is 12.2. The average molecular weight is 331 g/mol. The molecule has 126 valence electrons. The van der Waals surface area contributed by atoms with Crippen LogP contribution >= 0.6 is 0 Å². The Balaban J connectivity index is 1.53. The van der Waals surface area contributed by atoms with Gasteiger partial charge in [-0.1, -0.05) is 24.3 Å². The molecule has 0 unspecified atom stereocenters. The number of benzene rings is 2. The zero-order chi connectivity index (χ0) is 17.2. The highest BCUT2D eigenvalue weighted by atomic mass is 16.2. The summed E-state index contributed by atoms with van der Waals surface area (Å²) < 4.78 is 0. The second-order valence-electron chi connectivity index (χ2n) is 6.41. The van der Waals surface area contributed by atoms with Crippen LogP contribution in [0.2, 0.25) is 0 Å². The van der Waals surface area contributed by atoms with Gasteiger partial charge in [-0.05, 0) is 49.2 Å². The molecule has 0 radical (unpaired) electrons. The van der Waals surface area contributed by atoms with Crippen molar-refractivity contribution in [1.82, 2.24) is 0 Å². The number of amides is 1. The third-order valence-electron chi connectivity index (χ3n) is 4.71. The minimum atomic E-state index is -0.0616. The zero-order valence-corrected chi connectivity index (χ0v) is 14.3. The Morgan fingerprint density at radius 3 is 2.72 bits per heavy atom. The fourth-order valence-electron chi connectivity index (χ4n) is 3.37. The summed E-state index contributed by atoms with van der Waals surface area (Å²) in [6.45, 7) is 4.05. The molecule has 2 heterocycles. The Bertz CT molecular complexity index is 865. The van der Waals surface area contributed by atoms with Crippen LogP contribution in [-0.2, 0) is 4.79 Å². The molecule has 1 amide bonds. The van der Waals surface area contributed by atoms with E-state index in [9.17, 15) is 4.79 Å². The number of nitrogens with zero attached hydrogens (tertiary/aromatic N) is 1. The number of carbonyl (C=O) groups excluding carboxylic acids is 1. The van der Waals surface area contributed by atoms with Crippen molar-refractivity contribution in [3.05, 3.63) is 71.9 Å². The summed E-state index contributed by atoms with van der Waals surface area (Å²) >= 11 is 0. The van der Waals surface area contributed by atoms with E-state index in [1.165, 1.54) is 5.69 Å². The third-order valence-corrected chi connectivity index (χ3v) is 4.71. The van der Waals surface area contributed by atoms with Gasteiger partial charge in [-0.25, -0.2) is 0 Å². The molecule has 4 nitrogen and oxygen atoms in total. The molecule has 0 atom stereocenters. The van der Waals surface area contributed by atoms with Crippen molar-refractivity contribution in [3.8, 4) is 0 Å². The number of rotatable bonds is 3. The average Bonchev–Trinajstić information content (AvgIpc) is 2.98. The van der Waals surface area contributed by atoms with Crippen LogP contribution in [0.1, 0.15) is 17.5 Å². The fraction of sp³-hybridized carbons (Fsp3) is 0.190. The van der Waals surface area contributed by atoms with Crippen LogP contribution in [0.15, 0.2) is 60.8 Å². The van der Waals surface area contributed by atoms with Gasteiger partial charge in [0.2, 0.25) is 0 Å². The summed E-state index contributed by atoms with van der Waals surface area (Å²) in [5, 5.41) is 6.18. The summed E-state index contributed by atoms with van der Waals surface area (Å²) in [7, 11) is 0. The van der Waals surface area contributed by atoms with E-state index in [0.29, 0.717) is 5.57 Å². The molecule has 0 fully saturated rings. The van der Waals surface area contributed by atoms with E-state index in [1.807, 2.05) is 25.1 Å². The molecule has 2 aromatic carbocycles. The summed E-state index contributed by atoms with van der Waals surface area (Å²) in [4.78, 5) is 14.6. The van der Waals surface area contributed by atoms with Crippen molar-refractivity contribution in [3.63, 3.8) is 0 Å². The van der Waals surface area contributed by atoms with Gasteiger partial charge in [0.05, 0.1) is 5.57 Å². The number of hydrogen-bond acceptors (Lipinski definition) is 3. The van der Waals surface area contributed by atoms with Crippen LogP contribution in [0.5, 0.6) is 0 Å². The molecule has 0 aromatic heterocycles. The largest absolute Gasteiger partial charge is 0.367 e. The molecule has 0 bridgehead atoms. The Hall–Kier alpha value is -3.01. The smallest absolute Gasteiger partial charge is 0.257 e. The lowest BCUT2D eigenvalue weighted by atomic mass is 10.0. The van der Waals surface area contributed by atoms with Crippen LogP contribution in [0.4, 0.5) is 17.1 Å². The molecule has 0 saturated carbocycles. The number of anilines is 3. The van der Waals surface area contributed by atoms with E-state index < -0.39 is 0 Å². The topological polar surface area (TPSA) is 44.4 Å². The number of aryl methyl sites for hydroxylation is 1. The number of carbonyl (C=O) groups is 1. The Labute approximate surface area is 147 Å². The summed E-state index contributed by atoms with van der Waals surface area (Å²) in [6.07, 6.45) is 7.33. The predicted molar refractivity (Wildman–Crippen MR) is 104 cm³/mol. The molecule has 0 spiro atoms. The fourth-order valence-corrected chi connectivity index (χ4v) is 3.37. The van der Waals surface area contributed by atoms with Gasteiger partial charge in [-0.3, -0.25) is 4.79 Å². The van der Waals surface area contributed by atoms with E-state index >= 15 is 0 Å². The van der Waals surface area contributed by atoms with Crippen molar-refractivity contribution in [2.75, 3.05) is 28.6 Å². The first-order valence-corrected chi connectivity index (χ1v) is 8.60. The van der Waals surface area contributed by atoms with Gasteiger partial charge >= 0.3 is 0 Å². The van der Waals surface area contributed by atoms with E-state index in [2.05, 4.69) is 52.0 Å². The highest BCUT2D eigenvalue weighted by molar-refractivity contribution is 6.32. The van der Waals surface area contributed by atoms with Crippen LogP contribution in [0.25, 0.3) is 5.57 Å². The summed E-state index contributed by atoms with van der Waals surface area (Å²) in [5.74, 6) is -0.0616. The van der Waals surface area contributed by atoms with Crippen LogP contribution in [0.3, 0.4) is 0 Å². The lowest BCUT2D eigenvalue weighted by molar-refractivity contribution is -0.110. The first kappa shape index (κ1) is 15.5. The van der Waals surface area contributed by atoms with Gasteiger partial charge in [0.1, 0.15) is 0 Å². The Morgan fingerprint density at radius 2 is 1.96 bits per heavy atom. The molecule has 2 N–H and O–H groups in total. The molecule has 0 aliphatic carbocycles. The monoisotopic (exact) mass is 331 g/mol. The minimum absolute atomic E-state index is 0.0616. The molecule has 4 heteroatoms. The van der Waals surface area contributed by atoms with E-state index in [0.717, 1.165) is 42.0 Å². The van der Waals surface area contributed by atoms with E-state index in [-0.39, 0.29) is 5.91 Å². The quantitative estimate of drug-likeness (QED) is 0.655. The highest BCUT2D eigenvalue weighted by Gasteiger charge is 2.25. The molecule has 25 heavy (non-hydrogen) atoms. The van der Waals surface area contributed by atoms with Gasteiger partial charge in [0, 0.05) is 41.9 Å². The van der Waals surface area contributed by atoms with Gasteiger partial charge in [-0.15, -0.1) is 0 Å². The minimum Gasteiger partial charge on any atom is -0.367 e. The van der Waals surface area contributed by atoms with Crippen molar-refractivity contribution in [2.24, 2.45) is 0 Å². The van der Waals surface area contributed by atoms with E-state index in [4.69, 9.17) is 0 Å². The van der Waals surface area contributed by atoms with Gasteiger partial charge in [0.25, 0.3) is 5.91 Å². The lowest BCUT2D eigenvalue weighted by Gasteiger charge is -2.25. The summed E-state index contributed by atoms with van der Waals surface area (Å²) in [5.41, 5.74) is 5.83. The number of nitrogens with one attached hydrogen (secondary N) is 2. The maximum absolute atomic E-state index is 12.2. The molecular formula is C21H21N3O. The standard InChI is InChI=1S/C21H21N3O/c1-15-6-5-7-19-20(15)18(21(25)23-19)14-22-16-8-10-17(11-9-16)24-12-3-2-4-13-24/h2-3,5-11,14,22H,4,12-13H2,1H3,(H,23,25). The van der Waals surface area contributed by atoms with Crippen LogP contribution in [0, 0.1) is 6.92 Å². The van der Waals surface area contributed by atoms with Gasteiger partial charge < -0.3 is 15.5 Å². The van der Waals surface area contributed by atoms with Crippen molar-refractivity contribution in [1.29, 1.82) is 0 Å². The highest BCUT2D eigenvalue weighted by Crippen LogP contribution is 2.34. The molecule has 0 saturated heterocycles. The second-order valence-corrected chi connectivity index (χ2v) is 6.41. The third kappa shape index (κ3) is 3.03. The Kier molecular flexibility index (Phi) is 4.02. The zero-order valence-electron chi connectivity index (χ0n) is 14.3. The lowest BCUT2D eigenvalue weighted by Crippen LogP contribution is -2.26. The van der Waals surface area contributed by atoms with Crippen LogP contribution < -0.4 is 15.5 Å². The molecule has 4 rings (SSSR count). The van der Waals surface area contributed by atoms with Crippen molar-refractivity contribution >= 4 is 28.5 Å². The summed E-state index contributed by atoms with van der Waals surface area (Å²) in [6, 6.07) is 14.3. The first-order valence-electron chi connectivity index (χ1n) is 8.60. The Morgan fingerprint density at radius 1 is 1.12 bits per heavy atom. The van der Waals surface area contributed by atoms with Crippen LogP contribution in [-0.4, -0.2) is 19.0 Å². The number of hydrogen-bond donors (Lipinski definition) is 2. The normalized spacial score (nSPS) is 17.6. The van der Waals surface area contributed by atoms with Crippen molar-refractivity contribution < 1.29 is 4.79 Å². The van der Waals surface area contributed by atoms with E-state index in [1.54, 1.807) is 6.20 Å². The molecular weight excluding hydrogens is 310 g/mol. The molecule has 2 aliphatic heterocycles. The predicted octanol–water partition coefficient (Wildman–Crippen LogP) is 4.17. The number of fused-ring (bicyclic) bond motifs is 1. The molecule has 2 aliphatic rings. The van der Waals surface area contributed by atoms with Gasteiger partial charge in [0.15, 0.2) is 0 Å². The SMILES string of the molecule is Cc1cccc2c1C(=CNc1ccc(N3CC=CCC3)cc1)C(=O)N2.